The van der Waals surface area contributed by atoms with Crippen LogP contribution >= 0.6 is 23.4 Å². The molecule has 0 aromatic heterocycles. The fourth-order valence-corrected chi connectivity index (χ4v) is 2.90. The number of carbonyl (C=O) groups is 1. The van der Waals surface area contributed by atoms with E-state index in [-0.39, 0.29) is 11.2 Å². The molecule has 1 aromatic carbocycles. The summed E-state index contributed by atoms with van der Waals surface area (Å²) in [6.45, 7) is 1.18. The number of hydrogen-bond acceptors (Lipinski definition) is 3. The quantitative estimate of drug-likeness (QED) is 0.903. The van der Waals surface area contributed by atoms with Gasteiger partial charge in [0.2, 0.25) is 0 Å². The van der Waals surface area contributed by atoms with Crippen LogP contribution in [0.4, 0.5) is 0 Å². The number of benzene rings is 1. The Bertz CT molecular complexity index is 504. The number of ether oxygens (including phenoxy) is 1. The molecule has 0 bridgehead atoms. The SMILES string of the molecule is CSC(CNC(=O)C1=CCCCO1)c1cccc(Cl)c1. The number of nitrogens with one attached hydrogen (secondary N) is 1. The highest BCUT2D eigenvalue weighted by atomic mass is 35.5. The molecule has 0 radical (unpaired) electrons. The summed E-state index contributed by atoms with van der Waals surface area (Å²) >= 11 is 7.69. The molecular formula is C15H18ClNO2S. The van der Waals surface area contributed by atoms with E-state index >= 15 is 0 Å². The van der Waals surface area contributed by atoms with Crippen LogP contribution in [-0.4, -0.2) is 25.3 Å². The van der Waals surface area contributed by atoms with Crippen LogP contribution in [0.1, 0.15) is 23.7 Å². The Morgan fingerprint density at radius 2 is 2.40 bits per heavy atom. The van der Waals surface area contributed by atoms with Gasteiger partial charge in [-0.1, -0.05) is 23.7 Å². The minimum Gasteiger partial charge on any atom is -0.488 e. The second kappa shape index (κ2) is 7.60. The molecule has 0 saturated carbocycles. The normalized spacial score (nSPS) is 16.0. The van der Waals surface area contributed by atoms with E-state index in [1.165, 1.54) is 0 Å². The van der Waals surface area contributed by atoms with Crippen molar-refractivity contribution in [3.05, 3.63) is 46.7 Å². The Morgan fingerprint density at radius 3 is 3.05 bits per heavy atom. The molecule has 1 aliphatic rings. The van der Waals surface area contributed by atoms with Crippen molar-refractivity contribution >= 4 is 29.3 Å². The zero-order chi connectivity index (χ0) is 14.4. The number of halogens is 1. The van der Waals surface area contributed by atoms with Gasteiger partial charge in [0.05, 0.1) is 6.61 Å². The molecule has 1 aliphatic heterocycles. The Kier molecular flexibility index (Phi) is 5.80. The van der Waals surface area contributed by atoms with E-state index < -0.39 is 0 Å². The zero-order valence-electron chi connectivity index (χ0n) is 11.4. The topological polar surface area (TPSA) is 38.3 Å². The summed E-state index contributed by atoms with van der Waals surface area (Å²) in [4.78, 5) is 12.0. The van der Waals surface area contributed by atoms with E-state index in [2.05, 4.69) is 5.32 Å². The maximum Gasteiger partial charge on any atom is 0.286 e. The van der Waals surface area contributed by atoms with Gasteiger partial charge in [-0.25, -0.2) is 0 Å². The highest BCUT2D eigenvalue weighted by molar-refractivity contribution is 7.98. The molecule has 1 amide bonds. The molecule has 3 nitrogen and oxygen atoms in total. The maximum atomic E-state index is 12.0. The molecule has 1 N–H and O–H groups in total. The lowest BCUT2D eigenvalue weighted by atomic mass is 10.1. The summed E-state index contributed by atoms with van der Waals surface area (Å²) in [5.74, 6) is 0.313. The van der Waals surface area contributed by atoms with Crippen LogP contribution in [-0.2, 0) is 9.53 Å². The van der Waals surface area contributed by atoms with Gasteiger partial charge in [0.15, 0.2) is 5.76 Å². The predicted molar refractivity (Wildman–Crippen MR) is 84.0 cm³/mol. The van der Waals surface area contributed by atoms with Gasteiger partial charge in [-0.2, -0.15) is 11.8 Å². The molecule has 108 valence electrons. The molecule has 0 fully saturated rings. The summed E-state index contributed by atoms with van der Waals surface area (Å²) in [5, 5.41) is 3.82. The number of amides is 1. The fraction of sp³-hybridized carbons (Fsp3) is 0.400. The summed E-state index contributed by atoms with van der Waals surface area (Å²) < 4.78 is 5.35. The van der Waals surface area contributed by atoms with Gasteiger partial charge >= 0.3 is 0 Å². The molecule has 1 atom stereocenters. The molecule has 2 rings (SSSR count). The summed E-state index contributed by atoms with van der Waals surface area (Å²) in [6.07, 6.45) is 5.76. The summed E-state index contributed by atoms with van der Waals surface area (Å²) in [6, 6.07) is 7.73. The first-order valence-corrected chi connectivity index (χ1v) is 8.26. The minimum atomic E-state index is -0.134. The van der Waals surface area contributed by atoms with Crippen LogP contribution in [0.3, 0.4) is 0 Å². The van der Waals surface area contributed by atoms with Crippen molar-refractivity contribution in [1.82, 2.24) is 5.32 Å². The van der Waals surface area contributed by atoms with Crippen molar-refractivity contribution in [1.29, 1.82) is 0 Å². The third-order valence-corrected chi connectivity index (χ3v) is 4.36. The van der Waals surface area contributed by atoms with E-state index in [4.69, 9.17) is 16.3 Å². The number of hydrogen-bond donors (Lipinski definition) is 1. The fourth-order valence-electron chi connectivity index (χ4n) is 2.03. The van der Waals surface area contributed by atoms with Crippen molar-refractivity contribution in [3.63, 3.8) is 0 Å². The van der Waals surface area contributed by atoms with Gasteiger partial charge in [-0.05, 0) is 42.9 Å². The van der Waals surface area contributed by atoms with Crippen molar-refractivity contribution < 1.29 is 9.53 Å². The van der Waals surface area contributed by atoms with Crippen LogP contribution in [0, 0.1) is 0 Å². The Hall–Kier alpha value is -1.13. The smallest absolute Gasteiger partial charge is 0.286 e. The minimum absolute atomic E-state index is 0.134. The van der Waals surface area contributed by atoms with Gasteiger partial charge in [-0.15, -0.1) is 0 Å². The molecule has 1 heterocycles. The monoisotopic (exact) mass is 311 g/mol. The molecule has 0 spiro atoms. The number of rotatable bonds is 5. The largest absolute Gasteiger partial charge is 0.488 e. The molecule has 20 heavy (non-hydrogen) atoms. The van der Waals surface area contributed by atoms with Crippen LogP contribution in [0.15, 0.2) is 36.1 Å². The lowest BCUT2D eigenvalue weighted by Crippen LogP contribution is -2.30. The Balaban J connectivity index is 1.94. The third kappa shape index (κ3) is 4.18. The molecule has 5 heteroatoms. The highest BCUT2D eigenvalue weighted by Crippen LogP contribution is 2.27. The van der Waals surface area contributed by atoms with E-state index in [1.54, 1.807) is 11.8 Å². The summed E-state index contributed by atoms with van der Waals surface area (Å²) in [7, 11) is 0. The summed E-state index contributed by atoms with van der Waals surface area (Å²) in [5.41, 5.74) is 1.11. The van der Waals surface area contributed by atoms with Gasteiger partial charge in [0.1, 0.15) is 0 Å². The average molecular weight is 312 g/mol. The van der Waals surface area contributed by atoms with Crippen LogP contribution in [0.2, 0.25) is 5.02 Å². The van der Waals surface area contributed by atoms with Crippen LogP contribution in [0.5, 0.6) is 0 Å². The highest BCUT2D eigenvalue weighted by Gasteiger charge is 2.16. The average Bonchev–Trinajstić information content (AvgIpc) is 2.48. The number of allylic oxidation sites excluding steroid dienone is 1. The van der Waals surface area contributed by atoms with Crippen molar-refractivity contribution in [2.24, 2.45) is 0 Å². The molecule has 0 aliphatic carbocycles. The molecular weight excluding hydrogens is 294 g/mol. The van der Waals surface area contributed by atoms with Gasteiger partial charge in [-0.3, -0.25) is 4.79 Å². The molecule has 1 unspecified atom stereocenters. The number of thioether (sulfide) groups is 1. The number of carbonyl (C=O) groups excluding carboxylic acids is 1. The predicted octanol–water partition coefficient (Wildman–Crippen LogP) is 3.55. The first-order chi connectivity index (χ1) is 9.70. The second-order valence-corrected chi connectivity index (χ2v) is 6.03. The van der Waals surface area contributed by atoms with E-state index in [1.807, 2.05) is 36.6 Å². The Labute approximate surface area is 128 Å². The van der Waals surface area contributed by atoms with Gasteiger partial charge in [0, 0.05) is 16.8 Å². The first kappa shape index (κ1) is 15.3. The third-order valence-electron chi connectivity index (χ3n) is 3.11. The lowest BCUT2D eigenvalue weighted by molar-refractivity contribution is -0.121. The van der Waals surface area contributed by atoms with Crippen molar-refractivity contribution in [2.75, 3.05) is 19.4 Å². The maximum absolute atomic E-state index is 12.0. The lowest BCUT2D eigenvalue weighted by Gasteiger charge is -2.18. The van der Waals surface area contributed by atoms with E-state index in [0.717, 1.165) is 18.4 Å². The first-order valence-electron chi connectivity index (χ1n) is 6.60. The van der Waals surface area contributed by atoms with E-state index in [9.17, 15) is 4.79 Å². The zero-order valence-corrected chi connectivity index (χ0v) is 13.0. The molecule has 1 aromatic rings. The van der Waals surface area contributed by atoms with Gasteiger partial charge in [0.25, 0.3) is 5.91 Å². The van der Waals surface area contributed by atoms with E-state index in [0.29, 0.717) is 23.9 Å². The van der Waals surface area contributed by atoms with Gasteiger partial charge < -0.3 is 10.1 Å². The van der Waals surface area contributed by atoms with Crippen molar-refractivity contribution in [3.8, 4) is 0 Å². The van der Waals surface area contributed by atoms with Crippen LogP contribution < -0.4 is 5.32 Å². The second-order valence-electron chi connectivity index (χ2n) is 4.55. The Morgan fingerprint density at radius 1 is 1.55 bits per heavy atom. The van der Waals surface area contributed by atoms with Crippen LogP contribution in [0.25, 0.3) is 0 Å². The standard InChI is InChI=1S/C15H18ClNO2S/c1-20-14(11-5-4-6-12(16)9-11)10-17-15(18)13-7-2-3-8-19-13/h4-7,9,14H,2-3,8,10H2,1H3,(H,17,18). The molecule has 0 saturated heterocycles. The van der Waals surface area contributed by atoms with Crippen molar-refractivity contribution in [2.45, 2.75) is 18.1 Å².